The van der Waals surface area contributed by atoms with Crippen LogP contribution in [0.25, 0.3) is 0 Å². The maximum Gasteiger partial charge on any atom is 0.0386 e. The SMILES string of the molecule is CC(NCCCN(C)Cc1ccccc1)c1cc(Br)cs1. The van der Waals surface area contributed by atoms with Crippen LogP contribution in [0, 0.1) is 0 Å². The van der Waals surface area contributed by atoms with Crippen LogP contribution in [0.3, 0.4) is 0 Å². The molecule has 0 radical (unpaired) electrons. The molecular weight excluding hydrogens is 344 g/mol. The predicted octanol–water partition coefficient (Wildman–Crippen LogP) is 4.68. The van der Waals surface area contributed by atoms with Crippen LogP contribution in [-0.2, 0) is 6.54 Å². The number of hydrogen-bond acceptors (Lipinski definition) is 3. The van der Waals surface area contributed by atoms with E-state index in [2.05, 4.69) is 81.9 Å². The molecular formula is C17H23BrN2S. The van der Waals surface area contributed by atoms with E-state index in [1.54, 1.807) is 11.3 Å². The summed E-state index contributed by atoms with van der Waals surface area (Å²) in [7, 11) is 2.19. The molecule has 0 fully saturated rings. The number of rotatable bonds is 8. The van der Waals surface area contributed by atoms with Crippen molar-refractivity contribution in [3.63, 3.8) is 0 Å². The topological polar surface area (TPSA) is 15.3 Å². The van der Waals surface area contributed by atoms with Crippen LogP contribution in [0.15, 0.2) is 46.3 Å². The third-order valence-corrected chi connectivity index (χ3v) is 5.35. The van der Waals surface area contributed by atoms with Crippen LogP contribution in [-0.4, -0.2) is 25.0 Å². The van der Waals surface area contributed by atoms with Crippen molar-refractivity contribution in [2.24, 2.45) is 0 Å². The summed E-state index contributed by atoms with van der Waals surface area (Å²) in [5, 5.41) is 5.73. The van der Waals surface area contributed by atoms with Gasteiger partial charge in [-0.3, -0.25) is 0 Å². The number of benzene rings is 1. The maximum absolute atomic E-state index is 3.59. The summed E-state index contributed by atoms with van der Waals surface area (Å²) in [6.45, 7) is 5.42. The van der Waals surface area contributed by atoms with E-state index in [0.717, 1.165) is 19.6 Å². The van der Waals surface area contributed by atoms with Crippen LogP contribution in [0.5, 0.6) is 0 Å². The lowest BCUT2D eigenvalue weighted by Gasteiger charge is -2.18. The Hall–Kier alpha value is -0.680. The molecule has 1 aromatic carbocycles. The Labute approximate surface area is 140 Å². The summed E-state index contributed by atoms with van der Waals surface area (Å²) < 4.78 is 1.18. The van der Waals surface area contributed by atoms with Gasteiger partial charge in [0, 0.05) is 27.3 Å². The van der Waals surface area contributed by atoms with Gasteiger partial charge in [0.2, 0.25) is 0 Å². The van der Waals surface area contributed by atoms with E-state index in [-0.39, 0.29) is 0 Å². The van der Waals surface area contributed by atoms with Crippen molar-refractivity contribution in [3.05, 3.63) is 56.7 Å². The number of nitrogens with zero attached hydrogens (tertiary/aromatic N) is 1. The molecule has 1 atom stereocenters. The van der Waals surface area contributed by atoms with E-state index in [4.69, 9.17) is 0 Å². The van der Waals surface area contributed by atoms with Gasteiger partial charge in [-0.15, -0.1) is 11.3 Å². The molecule has 0 aliphatic heterocycles. The molecule has 1 N–H and O–H groups in total. The van der Waals surface area contributed by atoms with Gasteiger partial charge in [0.25, 0.3) is 0 Å². The first kappa shape index (κ1) is 16.7. The largest absolute Gasteiger partial charge is 0.309 e. The molecule has 0 amide bonds. The smallest absolute Gasteiger partial charge is 0.0386 e. The van der Waals surface area contributed by atoms with E-state index in [1.807, 2.05) is 0 Å². The van der Waals surface area contributed by atoms with Crippen LogP contribution in [0.1, 0.15) is 29.8 Å². The van der Waals surface area contributed by atoms with Crippen LogP contribution >= 0.6 is 27.3 Å². The van der Waals surface area contributed by atoms with Gasteiger partial charge in [0.05, 0.1) is 0 Å². The zero-order valence-corrected chi connectivity index (χ0v) is 15.1. The molecule has 1 unspecified atom stereocenters. The Kier molecular flexibility index (Phi) is 6.90. The first-order valence-electron chi connectivity index (χ1n) is 7.35. The normalized spacial score (nSPS) is 12.8. The zero-order valence-electron chi connectivity index (χ0n) is 12.7. The van der Waals surface area contributed by atoms with E-state index in [1.165, 1.54) is 21.3 Å². The van der Waals surface area contributed by atoms with Gasteiger partial charge in [-0.25, -0.2) is 0 Å². The van der Waals surface area contributed by atoms with Crippen molar-refractivity contribution in [1.82, 2.24) is 10.2 Å². The molecule has 2 rings (SSSR count). The number of hydrogen-bond donors (Lipinski definition) is 1. The highest BCUT2D eigenvalue weighted by Crippen LogP contribution is 2.25. The first-order valence-corrected chi connectivity index (χ1v) is 9.02. The van der Waals surface area contributed by atoms with E-state index >= 15 is 0 Å². The Morgan fingerprint density at radius 3 is 2.71 bits per heavy atom. The molecule has 2 aromatic rings. The van der Waals surface area contributed by atoms with Gasteiger partial charge in [-0.05, 0) is 61.0 Å². The van der Waals surface area contributed by atoms with Gasteiger partial charge in [0.1, 0.15) is 0 Å². The van der Waals surface area contributed by atoms with Crippen molar-refractivity contribution in [2.45, 2.75) is 25.9 Å². The van der Waals surface area contributed by atoms with Crippen molar-refractivity contribution < 1.29 is 0 Å². The monoisotopic (exact) mass is 366 g/mol. The summed E-state index contributed by atoms with van der Waals surface area (Å²) in [5.74, 6) is 0. The molecule has 2 nitrogen and oxygen atoms in total. The highest BCUT2D eigenvalue weighted by Gasteiger charge is 2.07. The fourth-order valence-electron chi connectivity index (χ4n) is 2.30. The molecule has 21 heavy (non-hydrogen) atoms. The highest BCUT2D eigenvalue weighted by molar-refractivity contribution is 9.10. The summed E-state index contributed by atoms with van der Waals surface area (Å²) >= 11 is 5.31. The molecule has 0 aliphatic rings. The van der Waals surface area contributed by atoms with Crippen LogP contribution < -0.4 is 5.32 Å². The molecule has 0 spiro atoms. The quantitative estimate of drug-likeness (QED) is 0.682. The second kappa shape index (κ2) is 8.69. The Balaban J connectivity index is 1.63. The molecule has 0 aliphatic carbocycles. The predicted molar refractivity (Wildman–Crippen MR) is 95.8 cm³/mol. The van der Waals surface area contributed by atoms with Gasteiger partial charge in [0.15, 0.2) is 0 Å². The Morgan fingerprint density at radius 2 is 2.05 bits per heavy atom. The molecule has 114 valence electrons. The van der Waals surface area contributed by atoms with Crippen LogP contribution in [0.4, 0.5) is 0 Å². The van der Waals surface area contributed by atoms with Gasteiger partial charge < -0.3 is 10.2 Å². The Bertz CT molecular complexity index is 527. The lowest BCUT2D eigenvalue weighted by molar-refractivity contribution is 0.317. The average molecular weight is 367 g/mol. The van der Waals surface area contributed by atoms with Crippen molar-refractivity contribution in [2.75, 3.05) is 20.1 Å². The molecule has 1 heterocycles. The van der Waals surface area contributed by atoms with E-state index in [0.29, 0.717) is 6.04 Å². The second-order valence-corrected chi connectivity index (χ2v) is 7.28. The number of nitrogens with one attached hydrogen (secondary N) is 1. The highest BCUT2D eigenvalue weighted by atomic mass is 79.9. The lowest BCUT2D eigenvalue weighted by atomic mass is 10.2. The summed E-state index contributed by atoms with van der Waals surface area (Å²) in [4.78, 5) is 3.77. The average Bonchev–Trinajstić information content (AvgIpc) is 2.91. The maximum atomic E-state index is 3.59. The third-order valence-electron chi connectivity index (χ3n) is 3.48. The fourth-order valence-corrected chi connectivity index (χ4v) is 3.78. The fraction of sp³-hybridized carbons (Fsp3) is 0.412. The van der Waals surface area contributed by atoms with Gasteiger partial charge >= 0.3 is 0 Å². The van der Waals surface area contributed by atoms with Crippen molar-refractivity contribution in [3.8, 4) is 0 Å². The second-order valence-electron chi connectivity index (χ2n) is 5.42. The lowest BCUT2D eigenvalue weighted by Crippen LogP contribution is -2.25. The molecule has 1 aromatic heterocycles. The standard InChI is InChI=1S/C17H23BrN2S/c1-14(17-11-16(18)13-21-17)19-9-6-10-20(2)12-15-7-4-3-5-8-15/h3-5,7-8,11,13-14,19H,6,9-10,12H2,1-2H3. The summed E-state index contributed by atoms with van der Waals surface area (Å²) in [5.41, 5.74) is 1.38. The zero-order chi connectivity index (χ0) is 15.1. The van der Waals surface area contributed by atoms with E-state index < -0.39 is 0 Å². The minimum absolute atomic E-state index is 0.431. The van der Waals surface area contributed by atoms with Crippen molar-refractivity contribution in [1.29, 1.82) is 0 Å². The molecule has 4 heteroatoms. The van der Waals surface area contributed by atoms with Gasteiger partial charge in [-0.2, -0.15) is 0 Å². The third kappa shape index (κ3) is 5.91. The molecule has 0 saturated heterocycles. The minimum atomic E-state index is 0.431. The van der Waals surface area contributed by atoms with Crippen LogP contribution in [0.2, 0.25) is 0 Å². The summed E-state index contributed by atoms with van der Waals surface area (Å²) in [6.07, 6.45) is 1.17. The molecule has 0 bridgehead atoms. The van der Waals surface area contributed by atoms with Gasteiger partial charge in [-0.1, -0.05) is 30.3 Å². The molecule has 0 saturated carbocycles. The van der Waals surface area contributed by atoms with E-state index in [9.17, 15) is 0 Å². The summed E-state index contributed by atoms with van der Waals surface area (Å²) in [6, 6.07) is 13.3. The number of halogens is 1. The number of thiophene rings is 1. The van der Waals surface area contributed by atoms with Crippen molar-refractivity contribution >= 4 is 27.3 Å². The minimum Gasteiger partial charge on any atom is -0.309 e. The first-order chi connectivity index (χ1) is 10.1. The Morgan fingerprint density at radius 1 is 1.29 bits per heavy atom.